The minimum absolute atomic E-state index is 0.147. The Morgan fingerprint density at radius 2 is 1.79 bits per heavy atom. The molecule has 0 amide bonds. The van der Waals surface area contributed by atoms with E-state index in [-0.39, 0.29) is 5.56 Å². The Hall–Kier alpha value is -2.40. The quantitative estimate of drug-likeness (QED) is 0.553. The molecule has 2 heteroatoms. The summed E-state index contributed by atoms with van der Waals surface area (Å²) in [4.78, 5) is 0. The molecular weight excluding hydrogens is 345 g/mol. The van der Waals surface area contributed by atoms with E-state index in [2.05, 4.69) is 37.3 Å². The SMILES string of the molecule is CCCC1CCC(c2ccc(C3=Cc4cc(F)c(C#N)cc4CC3)cc2)CC1. The van der Waals surface area contributed by atoms with E-state index in [0.717, 1.165) is 29.9 Å². The van der Waals surface area contributed by atoms with Crippen molar-refractivity contribution in [3.05, 3.63) is 70.0 Å². The van der Waals surface area contributed by atoms with Gasteiger partial charge < -0.3 is 0 Å². The van der Waals surface area contributed by atoms with Crippen LogP contribution in [0.25, 0.3) is 11.6 Å². The van der Waals surface area contributed by atoms with Crippen LogP contribution >= 0.6 is 0 Å². The molecule has 1 fully saturated rings. The summed E-state index contributed by atoms with van der Waals surface area (Å²) < 4.78 is 14.0. The maximum Gasteiger partial charge on any atom is 0.141 e. The molecule has 2 aromatic carbocycles. The van der Waals surface area contributed by atoms with Crippen LogP contribution in [-0.2, 0) is 6.42 Å². The van der Waals surface area contributed by atoms with Crippen molar-refractivity contribution >= 4 is 11.6 Å². The van der Waals surface area contributed by atoms with Crippen LogP contribution in [-0.4, -0.2) is 0 Å². The maximum atomic E-state index is 14.0. The molecule has 0 aliphatic heterocycles. The molecule has 1 nitrogen and oxygen atoms in total. The lowest BCUT2D eigenvalue weighted by Crippen LogP contribution is -2.13. The number of rotatable bonds is 4. The van der Waals surface area contributed by atoms with E-state index in [1.807, 2.05) is 6.07 Å². The molecular formula is C26H28FN. The van der Waals surface area contributed by atoms with Crippen LogP contribution in [0.3, 0.4) is 0 Å². The highest BCUT2D eigenvalue weighted by atomic mass is 19.1. The van der Waals surface area contributed by atoms with Crippen molar-refractivity contribution in [2.24, 2.45) is 5.92 Å². The Morgan fingerprint density at radius 3 is 2.46 bits per heavy atom. The Balaban J connectivity index is 1.49. The summed E-state index contributed by atoms with van der Waals surface area (Å²) in [5.74, 6) is 1.23. The van der Waals surface area contributed by atoms with Crippen LogP contribution in [0.1, 0.15) is 85.6 Å². The van der Waals surface area contributed by atoms with Crippen LogP contribution < -0.4 is 0 Å². The first-order chi connectivity index (χ1) is 13.7. The number of aryl methyl sites for hydroxylation is 1. The summed E-state index contributed by atoms with van der Waals surface area (Å²) in [7, 11) is 0. The third kappa shape index (κ3) is 3.90. The number of nitriles is 1. The van der Waals surface area contributed by atoms with Crippen molar-refractivity contribution in [2.75, 3.05) is 0 Å². The molecule has 2 aliphatic carbocycles. The van der Waals surface area contributed by atoms with E-state index in [0.29, 0.717) is 5.92 Å². The largest absolute Gasteiger partial charge is 0.206 e. The smallest absolute Gasteiger partial charge is 0.141 e. The minimum atomic E-state index is -0.423. The first-order valence-corrected chi connectivity index (χ1v) is 10.7. The van der Waals surface area contributed by atoms with Gasteiger partial charge >= 0.3 is 0 Å². The Morgan fingerprint density at radius 1 is 1.04 bits per heavy atom. The van der Waals surface area contributed by atoms with Gasteiger partial charge in [-0.3, -0.25) is 0 Å². The zero-order chi connectivity index (χ0) is 19.5. The number of halogens is 1. The molecule has 1 saturated carbocycles. The van der Waals surface area contributed by atoms with Crippen molar-refractivity contribution in [2.45, 2.75) is 64.2 Å². The monoisotopic (exact) mass is 373 g/mol. The van der Waals surface area contributed by atoms with Gasteiger partial charge in [0.05, 0.1) is 5.56 Å². The van der Waals surface area contributed by atoms with Gasteiger partial charge in [-0.2, -0.15) is 5.26 Å². The highest BCUT2D eigenvalue weighted by molar-refractivity contribution is 5.84. The van der Waals surface area contributed by atoms with E-state index in [1.165, 1.54) is 61.3 Å². The molecule has 28 heavy (non-hydrogen) atoms. The summed E-state index contributed by atoms with van der Waals surface area (Å²) in [5, 5.41) is 9.02. The maximum absolute atomic E-state index is 14.0. The molecule has 0 aromatic heterocycles. The Bertz CT molecular complexity index is 909. The highest BCUT2D eigenvalue weighted by Gasteiger charge is 2.22. The predicted octanol–water partition coefficient (Wildman–Crippen LogP) is 7.26. The average molecular weight is 374 g/mol. The third-order valence-corrected chi connectivity index (χ3v) is 6.64. The van der Waals surface area contributed by atoms with Crippen LogP contribution in [0.2, 0.25) is 0 Å². The van der Waals surface area contributed by atoms with Gasteiger partial charge in [0.15, 0.2) is 0 Å². The summed E-state index contributed by atoms with van der Waals surface area (Å²) in [5.41, 5.74) is 6.10. The molecule has 0 radical (unpaired) electrons. The number of hydrogen-bond acceptors (Lipinski definition) is 1. The number of nitrogens with zero attached hydrogens (tertiary/aromatic N) is 1. The van der Waals surface area contributed by atoms with Crippen molar-refractivity contribution in [1.82, 2.24) is 0 Å². The van der Waals surface area contributed by atoms with E-state index >= 15 is 0 Å². The van der Waals surface area contributed by atoms with Gasteiger partial charge in [0.2, 0.25) is 0 Å². The minimum Gasteiger partial charge on any atom is -0.206 e. The molecule has 0 N–H and O–H groups in total. The molecule has 2 aromatic rings. The van der Waals surface area contributed by atoms with Gasteiger partial charge in [-0.15, -0.1) is 0 Å². The number of fused-ring (bicyclic) bond motifs is 1. The molecule has 144 valence electrons. The van der Waals surface area contributed by atoms with E-state index in [1.54, 1.807) is 6.07 Å². The number of hydrogen-bond donors (Lipinski definition) is 0. The van der Waals surface area contributed by atoms with Crippen molar-refractivity contribution in [1.29, 1.82) is 5.26 Å². The van der Waals surface area contributed by atoms with Crippen LogP contribution in [0.4, 0.5) is 4.39 Å². The molecule has 0 saturated heterocycles. The van der Waals surface area contributed by atoms with E-state index < -0.39 is 5.82 Å². The molecule has 0 bridgehead atoms. The predicted molar refractivity (Wildman–Crippen MR) is 113 cm³/mol. The van der Waals surface area contributed by atoms with Crippen LogP contribution in [0.5, 0.6) is 0 Å². The fourth-order valence-electron chi connectivity index (χ4n) is 4.99. The van der Waals surface area contributed by atoms with E-state index in [9.17, 15) is 4.39 Å². The fourth-order valence-corrected chi connectivity index (χ4v) is 4.99. The van der Waals surface area contributed by atoms with Crippen molar-refractivity contribution in [3.63, 3.8) is 0 Å². The van der Waals surface area contributed by atoms with Gasteiger partial charge in [0.1, 0.15) is 11.9 Å². The molecule has 0 heterocycles. The molecule has 0 spiro atoms. The number of benzene rings is 2. The second-order valence-corrected chi connectivity index (χ2v) is 8.44. The second kappa shape index (κ2) is 8.31. The molecule has 0 atom stereocenters. The lowest BCUT2D eigenvalue weighted by molar-refractivity contribution is 0.308. The third-order valence-electron chi connectivity index (χ3n) is 6.64. The first kappa shape index (κ1) is 18.9. The van der Waals surface area contributed by atoms with Crippen molar-refractivity contribution < 1.29 is 4.39 Å². The zero-order valence-electron chi connectivity index (χ0n) is 16.7. The zero-order valence-corrected chi connectivity index (χ0v) is 16.7. The molecule has 4 rings (SSSR count). The topological polar surface area (TPSA) is 23.8 Å². The average Bonchev–Trinajstić information content (AvgIpc) is 2.74. The van der Waals surface area contributed by atoms with E-state index in [4.69, 9.17) is 5.26 Å². The van der Waals surface area contributed by atoms with Crippen molar-refractivity contribution in [3.8, 4) is 6.07 Å². The highest BCUT2D eigenvalue weighted by Crippen LogP contribution is 2.38. The summed E-state index contributed by atoms with van der Waals surface area (Å²) in [6.07, 6.45) is 12.0. The van der Waals surface area contributed by atoms with Gasteiger partial charge in [-0.25, -0.2) is 4.39 Å². The van der Waals surface area contributed by atoms with Gasteiger partial charge in [-0.1, -0.05) is 50.1 Å². The summed E-state index contributed by atoms with van der Waals surface area (Å²) in [6.45, 7) is 2.29. The number of allylic oxidation sites excluding steroid dienone is 1. The first-order valence-electron chi connectivity index (χ1n) is 10.7. The van der Waals surface area contributed by atoms with Gasteiger partial charge in [0.25, 0.3) is 0 Å². The van der Waals surface area contributed by atoms with Crippen LogP contribution in [0.15, 0.2) is 36.4 Å². The fraction of sp³-hybridized carbons (Fsp3) is 0.423. The molecule has 0 unspecified atom stereocenters. The summed E-state index contributed by atoms with van der Waals surface area (Å²) >= 11 is 0. The lowest BCUT2D eigenvalue weighted by Gasteiger charge is -2.28. The Labute approximate surface area is 167 Å². The summed E-state index contributed by atoms with van der Waals surface area (Å²) in [6, 6.07) is 14.2. The van der Waals surface area contributed by atoms with Crippen LogP contribution in [0, 0.1) is 23.1 Å². The lowest BCUT2D eigenvalue weighted by atomic mass is 9.77. The molecule has 2 aliphatic rings. The van der Waals surface area contributed by atoms with Gasteiger partial charge in [-0.05, 0) is 90.3 Å². The Kier molecular flexibility index (Phi) is 5.62. The standard InChI is InChI=1S/C26H28FN/c1-2-3-18-4-6-19(7-5-18)20-8-10-21(11-9-20)22-12-13-23-15-25(17-28)26(27)16-24(23)14-22/h8-11,14-16,18-19H,2-7,12-13H2,1H3. The normalized spacial score (nSPS) is 21.5. The second-order valence-electron chi connectivity index (χ2n) is 8.44. The van der Waals surface area contributed by atoms with Gasteiger partial charge in [0, 0.05) is 0 Å².